The third-order valence-electron chi connectivity index (χ3n) is 2.38. The number of nitrogens with zero attached hydrogens (tertiary/aromatic N) is 1. The van der Waals surface area contributed by atoms with E-state index < -0.39 is 0 Å². The third-order valence-corrected chi connectivity index (χ3v) is 3.89. The summed E-state index contributed by atoms with van der Waals surface area (Å²) < 4.78 is 3.58. The second-order valence-electron chi connectivity index (χ2n) is 3.37. The van der Waals surface area contributed by atoms with Crippen molar-refractivity contribution in [3.63, 3.8) is 0 Å². The van der Waals surface area contributed by atoms with Crippen molar-refractivity contribution in [2.24, 2.45) is 0 Å². The van der Waals surface area contributed by atoms with E-state index >= 15 is 0 Å². The molecule has 0 atom stereocenters. The monoisotopic (exact) mass is 316 g/mol. The molecule has 1 aromatic heterocycles. The standard InChI is InChI=1S/C11H10BrClN2S/c1-2-7-6-14-11(16)15(7)8-3-4-10(13)9(12)5-8/h3-6H,2H2,1H3,(H,14,16). The van der Waals surface area contributed by atoms with E-state index in [4.69, 9.17) is 23.8 Å². The highest BCUT2D eigenvalue weighted by Crippen LogP contribution is 2.25. The third kappa shape index (κ3) is 2.10. The zero-order chi connectivity index (χ0) is 11.7. The Morgan fingerprint density at radius 1 is 1.50 bits per heavy atom. The molecular formula is C11H10BrClN2S. The van der Waals surface area contributed by atoms with Crippen LogP contribution in [0.4, 0.5) is 0 Å². The number of H-pyrrole nitrogens is 1. The largest absolute Gasteiger partial charge is 0.337 e. The fourth-order valence-corrected chi connectivity index (χ4v) is 2.34. The van der Waals surface area contributed by atoms with Crippen LogP contribution in [-0.4, -0.2) is 9.55 Å². The molecule has 0 saturated carbocycles. The van der Waals surface area contributed by atoms with Crippen molar-refractivity contribution in [3.8, 4) is 5.69 Å². The molecule has 2 aromatic rings. The van der Waals surface area contributed by atoms with Gasteiger partial charge in [-0.3, -0.25) is 4.57 Å². The van der Waals surface area contributed by atoms with Crippen molar-refractivity contribution >= 4 is 39.7 Å². The van der Waals surface area contributed by atoms with Gasteiger partial charge in [-0.25, -0.2) is 0 Å². The topological polar surface area (TPSA) is 20.7 Å². The maximum atomic E-state index is 5.97. The van der Waals surface area contributed by atoms with E-state index in [1.165, 1.54) is 0 Å². The maximum Gasteiger partial charge on any atom is 0.182 e. The summed E-state index contributed by atoms with van der Waals surface area (Å²) in [6.45, 7) is 2.10. The van der Waals surface area contributed by atoms with Gasteiger partial charge >= 0.3 is 0 Å². The molecule has 2 rings (SSSR count). The molecule has 0 bridgehead atoms. The first-order valence-electron chi connectivity index (χ1n) is 4.88. The number of halogens is 2. The highest BCUT2D eigenvalue weighted by molar-refractivity contribution is 9.10. The van der Waals surface area contributed by atoms with Gasteiger partial charge in [0, 0.05) is 22.1 Å². The van der Waals surface area contributed by atoms with Gasteiger partial charge in [0.2, 0.25) is 0 Å². The summed E-state index contributed by atoms with van der Waals surface area (Å²) in [4.78, 5) is 3.05. The Bertz CT molecular complexity index is 574. The van der Waals surface area contributed by atoms with E-state index in [9.17, 15) is 0 Å². The van der Waals surface area contributed by atoms with Crippen LogP contribution in [0.1, 0.15) is 12.6 Å². The van der Waals surface area contributed by atoms with Crippen LogP contribution in [0.15, 0.2) is 28.9 Å². The highest BCUT2D eigenvalue weighted by Gasteiger charge is 2.06. The lowest BCUT2D eigenvalue weighted by molar-refractivity contribution is 0.921. The van der Waals surface area contributed by atoms with Crippen molar-refractivity contribution in [2.75, 3.05) is 0 Å². The summed E-state index contributed by atoms with van der Waals surface area (Å²) in [5.74, 6) is 0. The van der Waals surface area contributed by atoms with E-state index in [-0.39, 0.29) is 0 Å². The van der Waals surface area contributed by atoms with E-state index in [1.807, 2.05) is 29.0 Å². The minimum Gasteiger partial charge on any atom is -0.337 e. The molecule has 0 amide bonds. The Morgan fingerprint density at radius 3 is 2.88 bits per heavy atom. The number of aryl methyl sites for hydroxylation is 1. The summed E-state index contributed by atoms with van der Waals surface area (Å²) >= 11 is 14.6. The average molecular weight is 318 g/mol. The number of imidazole rings is 1. The van der Waals surface area contributed by atoms with E-state index in [0.29, 0.717) is 9.79 Å². The minimum atomic E-state index is 0.698. The second kappa shape index (κ2) is 4.73. The molecule has 1 heterocycles. The van der Waals surface area contributed by atoms with Crippen LogP contribution >= 0.6 is 39.7 Å². The van der Waals surface area contributed by atoms with Gasteiger partial charge < -0.3 is 4.98 Å². The van der Waals surface area contributed by atoms with Crippen LogP contribution in [0.25, 0.3) is 5.69 Å². The molecule has 0 fully saturated rings. The number of benzene rings is 1. The van der Waals surface area contributed by atoms with Crippen molar-refractivity contribution < 1.29 is 0 Å². The molecule has 0 unspecified atom stereocenters. The molecule has 0 radical (unpaired) electrons. The molecular weight excluding hydrogens is 308 g/mol. The van der Waals surface area contributed by atoms with Crippen molar-refractivity contribution in [1.82, 2.24) is 9.55 Å². The van der Waals surface area contributed by atoms with Crippen LogP contribution < -0.4 is 0 Å². The Morgan fingerprint density at radius 2 is 2.25 bits per heavy atom. The molecule has 16 heavy (non-hydrogen) atoms. The first kappa shape index (κ1) is 11.9. The lowest BCUT2D eigenvalue weighted by atomic mass is 10.3. The zero-order valence-corrected chi connectivity index (χ0v) is 11.8. The first-order chi connectivity index (χ1) is 7.63. The lowest BCUT2D eigenvalue weighted by Gasteiger charge is -2.07. The van der Waals surface area contributed by atoms with Gasteiger partial charge in [0.05, 0.1) is 5.02 Å². The maximum absolute atomic E-state index is 5.97. The number of nitrogens with one attached hydrogen (secondary N) is 1. The van der Waals surface area contributed by atoms with Crippen LogP contribution in [0.3, 0.4) is 0 Å². The zero-order valence-electron chi connectivity index (χ0n) is 8.63. The van der Waals surface area contributed by atoms with Crippen LogP contribution in [0.5, 0.6) is 0 Å². The smallest absolute Gasteiger partial charge is 0.182 e. The van der Waals surface area contributed by atoms with Gasteiger partial charge in [0.25, 0.3) is 0 Å². The molecule has 0 aliphatic rings. The van der Waals surface area contributed by atoms with Gasteiger partial charge in [-0.1, -0.05) is 18.5 Å². The fraction of sp³-hybridized carbons (Fsp3) is 0.182. The van der Waals surface area contributed by atoms with Crippen molar-refractivity contribution in [2.45, 2.75) is 13.3 Å². The number of aromatic amines is 1. The summed E-state index contributed by atoms with van der Waals surface area (Å²) in [5.41, 5.74) is 2.17. The molecule has 1 aromatic carbocycles. The van der Waals surface area contributed by atoms with Gasteiger partial charge in [-0.05, 0) is 52.8 Å². The Kier molecular flexibility index (Phi) is 3.52. The Labute approximate surface area is 112 Å². The lowest BCUT2D eigenvalue weighted by Crippen LogP contribution is -1.99. The van der Waals surface area contributed by atoms with Crippen molar-refractivity contribution in [3.05, 3.63) is 44.4 Å². The Balaban J connectivity index is 2.62. The average Bonchev–Trinajstić information content (AvgIpc) is 2.64. The molecule has 0 aliphatic heterocycles. The van der Waals surface area contributed by atoms with Gasteiger partial charge in [0.1, 0.15) is 0 Å². The summed E-state index contributed by atoms with van der Waals surface area (Å²) in [6.07, 6.45) is 2.86. The predicted molar refractivity (Wildman–Crippen MR) is 73.0 cm³/mol. The normalized spacial score (nSPS) is 10.7. The summed E-state index contributed by atoms with van der Waals surface area (Å²) in [6, 6.07) is 5.77. The number of hydrogen-bond acceptors (Lipinski definition) is 1. The second-order valence-corrected chi connectivity index (χ2v) is 5.02. The molecule has 0 saturated heterocycles. The molecule has 84 valence electrons. The molecule has 5 heteroatoms. The summed E-state index contributed by atoms with van der Waals surface area (Å²) in [7, 11) is 0. The quantitative estimate of drug-likeness (QED) is 0.808. The highest BCUT2D eigenvalue weighted by atomic mass is 79.9. The SMILES string of the molecule is CCc1c[nH]c(=S)n1-c1ccc(Cl)c(Br)c1. The van der Waals surface area contributed by atoms with Crippen LogP contribution in [0, 0.1) is 4.77 Å². The van der Waals surface area contributed by atoms with Crippen LogP contribution in [0.2, 0.25) is 5.02 Å². The summed E-state index contributed by atoms with van der Waals surface area (Å²) in [5, 5.41) is 0.698. The first-order valence-corrected chi connectivity index (χ1v) is 6.46. The predicted octanol–water partition coefficient (Wildman–Crippen LogP) is 4.51. The van der Waals surface area contributed by atoms with E-state index in [1.54, 1.807) is 0 Å². The molecule has 0 spiro atoms. The number of aromatic nitrogens is 2. The van der Waals surface area contributed by atoms with Crippen LogP contribution in [-0.2, 0) is 6.42 Å². The number of hydrogen-bond donors (Lipinski definition) is 1. The van der Waals surface area contributed by atoms with Gasteiger partial charge in [0.15, 0.2) is 4.77 Å². The Hall–Kier alpha value is -0.580. The van der Waals surface area contributed by atoms with E-state index in [2.05, 4.69) is 27.8 Å². The van der Waals surface area contributed by atoms with E-state index in [0.717, 1.165) is 22.3 Å². The fourth-order valence-electron chi connectivity index (χ4n) is 1.57. The van der Waals surface area contributed by atoms with Gasteiger partial charge in [-0.15, -0.1) is 0 Å². The minimum absolute atomic E-state index is 0.698. The molecule has 0 aliphatic carbocycles. The molecule has 2 nitrogen and oxygen atoms in total. The van der Waals surface area contributed by atoms with Gasteiger partial charge in [-0.2, -0.15) is 0 Å². The number of rotatable bonds is 2. The molecule has 1 N–H and O–H groups in total. The van der Waals surface area contributed by atoms with Crippen molar-refractivity contribution in [1.29, 1.82) is 0 Å².